The molecule has 1 aliphatic heterocycles. The quantitative estimate of drug-likeness (QED) is 0.474. The van der Waals surface area contributed by atoms with Crippen molar-refractivity contribution in [3.63, 3.8) is 0 Å². The Morgan fingerprint density at radius 1 is 0.960 bits per heavy atom. The first-order valence-electron chi connectivity index (χ1n) is 7.94. The molecule has 2 aromatic rings. The Hall–Kier alpha value is -2.74. The maximum atomic E-state index is 10.1. The van der Waals surface area contributed by atoms with E-state index < -0.39 is 18.3 Å². The summed E-state index contributed by atoms with van der Waals surface area (Å²) in [6, 6.07) is 18.8. The molecule has 0 amide bonds. The molecule has 0 spiro atoms. The van der Waals surface area contributed by atoms with Crippen LogP contribution in [0.25, 0.3) is 0 Å². The van der Waals surface area contributed by atoms with Crippen LogP contribution in [0.3, 0.4) is 0 Å². The monoisotopic (exact) mass is 340 g/mol. The Kier molecular flexibility index (Phi) is 5.73. The maximum absolute atomic E-state index is 10.1. The number of aliphatic hydroxyl groups is 2. The Morgan fingerprint density at radius 3 is 2.12 bits per heavy atom. The van der Waals surface area contributed by atoms with Crippen molar-refractivity contribution in [2.45, 2.75) is 18.3 Å². The molecule has 1 fully saturated rings. The topological polar surface area (TPSA) is 98.5 Å². The molecule has 3 unspecified atom stereocenters. The fourth-order valence-corrected chi connectivity index (χ4v) is 2.35. The maximum Gasteiger partial charge on any atom is 0.131 e. The lowest BCUT2D eigenvalue weighted by molar-refractivity contribution is 0.0476. The van der Waals surface area contributed by atoms with Gasteiger partial charge in [0.25, 0.3) is 0 Å². The van der Waals surface area contributed by atoms with Crippen LogP contribution in [0.15, 0.2) is 70.9 Å². The number of hydrazone groups is 2. The molecule has 1 aliphatic rings. The fraction of sp³-hybridized carbons (Fsp3) is 0.222. The highest BCUT2D eigenvalue weighted by atomic mass is 16.5. The van der Waals surface area contributed by atoms with Crippen molar-refractivity contribution in [1.82, 2.24) is 0 Å². The minimum Gasteiger partial charge on any atom is -0.388 e. The molecule has 1 heterocycles. The van der Waals surface area contributed by atoms with Gasteiger partial charge in [-0.25, -0.2) is 0 Å². The van der Waals surface area contributed by atoms with Gasteiger partial charge < -0.3 is 14.9 Å². The Bertz CT molecular complexity index is 722. The van der Waals surface area contributed by atoms with Gasteiger partial charge in [-0.2, -0.15) is 10.2 Å². The van der Waals surface area contributed by atoms with Gasteiger partial charge in [-0.05, 0) is 24.3 Å². The average Bonchev–Trinajstić information content (AvgIpc) is 2.99. The van der Waals surface area contributed by atoms with Gasteiger partial charge in [0.2, 0.25) is 0 Å². The molecule has 25 heavy (non-hydrogen) atoms. The molecule has 3 rings (SSSR count). The Balaban J connectivity index is 1.74. The van der Waals surface area contributed by atoms with Gasteiger partial charge in [0, 0.05) is 0 Å². The molecular weight excluding hydrogens is 320 g/mol. The number of hydrogen-bond acceptors (Lipinski definition) is 7. The molecule has 0 saturated carbocycles. The van der Waals surface area contributed by atoms with Crippen molar-refractivity contribution in [3.05, 3.63) is 60.7 Å². The van der Waals surface area contributed by atoms with Crippen molar-refractivity contribution < 1.29 is 14.9 Å². The van der Waals surface area contributed by atoms with Crippen LogP contribution in [-0.4, -0.2) is 47.1 Å². The summed E-state index contributed by atoms with van der Waals surface area (Å²) in [4.78, 5) is 0. The van der Waals surface area contributed by atoms with Crippen LogP contribution in [0.2, 0.25) is 0 Å². The third kappa shape index (κ3) is 4.63. The average molecular weight is 340 g/mol. The molecule has 0 aliphatic carbocycles. The molecule has 7 nitrogen and oxygen atoms in total. The van der Waals surface area contributed by atoms with Crippen molar-refractivity contribution >= 4 is 23.3 Å². The van der Waals surface area contributed by atoms with Gasteiger partial charge in [0.05, 0.1) is 24.2 Å². The first-order valence-corrected chi connectivity index (χ1v) is 7.94. The lowest BCUT2D eigenvalue weighted by Crippen LogP contribution is -2.37. The number of benzene rings is 2. The SMILES string of the molecule is OC1COC(/C(C=NNc2ccccc2)=N/Nc2ccccc2)C1O. The summed E-state index contributed by atoms with van der Waals surface area (Å²) in [5.74, 6) is 0. The van der Waals surface area contributed by atoms with Gasteiger partial charge in [-0.3, -0.25) is 10.9 Å². The van der Waals surface area contributed by atoms with Crippen LogP contribution in [0, 0.1) is 0 Å². The van der Waals surface area contributed by atoms with Crippen LogP contribution in [-0.2, 0) is 4.74 Å². The van der Waals surface area contributed by atoms with Gasteiger partial charge in [0.15, 0.2) is 0 Å². The number of hydrogen-bond donors (Lipinski definition) is 4. The second kappa shape index (κ2) is 8.39. The predicted octanol–water partition coefficient (Wildman–Crippen LogP) is 1.67. The molecule has 2 aromatic carbocycles. The number of para-hydroxylation sites is 2. The highest BCUT2D eigenvalue weighted by molar-refractivity contribution is 6.33. The van der Waals surface area contributed by atoms with Crippen LogP contribution >= 0.6 is 0 Å². The third-order valence-corrected chi connectivity index (χ3v) is 3.69. The van der Waals surface area contributed by atoms with Crippen molar-refractivity contribution in [2.24, 2.45) is 10.2 Å². The van der Waals surface area contributed by atoms with E-state index in [1.807, 2.05) is 60.7 Å². The van der Waals surface area contributed by atoms with Crippen molar-refractivity contribution in [3.8, 4) is 0 Å². The molecular formula is C18H20N4O3. The minimum atomic E-state index is -1.06. The normalized spacial score (nSPS) is 23.8. The van der Waals surface area contributed by atoms with E-state index in [-0.39, 0.29) is 6.61 Å². The Labute approximate surface area is 145 Å². The summed E-state index contributed by atoms with van der Waals surface area (Å²) in [5, 5.41) is 28.2. The highest BCUT2D eigenvalue weighted by Gasteiger charge is 2.37. The lowest BCUT2D eigenvalue weighted by Gasteiger charge is -2.15. The number of rotatable bonds is 6. The van der Waals surface area contributed by atoms with Gasteiger partial charge >= 0.3 is 0 Å². The van der Waals surface area contributed by atoms with E-state index in [0.29, 0.717) is 5.71 Å². The van der Waals surface area contributed by atoms with E-state index in [1.165, 1.54) is 6.21 Å². The van der Waals surface area contributed by atoms with Crippen LogP contribution < -0.4 is 10.9 Å². The van der Waals surface area contributed by atoms with E-state index in [1.54, 1.807) is 0 Å². The number of nitrogens with zero attached hydrogens (tertiary/aromatic N) is 2. The number of ether oxygens (including phenoxy) is 1. The van der Waals surface area contributed by atoms with E-state index in [9.17, 15) is 10.2 Å². The van der Waals surface area contributed by atoms with E-state index in [0.717, 1.165) is 11.4 Å². The van der Waals surface area contributed by atoms with E-state index in [2.05, 4.69) is 21.1 Å². The fourth-order valence-electron chi connectivity index (χ4n) is 2.35. The largest absolute Gasteiger partial charge is 0.388 e. The molecule has 3 atom stereocenters. The molecule has 4 N–H and O–H groups in total. The molecule has 0 radical (unpaired) electrons. The highest BCUT2D eigenvalue weighted by Crippen LogP contribution is 2.16. The zero-order valence-electron chi connectivity index (χ0n) is 13.5. The Morgan fingerprint density at radius 2 is 1.56 bits per heavy atom. The number of aliphatic hydroxyl groups excluding tert-OH is 2. The standard InChI is InChI=1S/C18H20N4O3/c23-16-12-25-18(17(16)24)15(22-21-14-9-5-2-6-10-14)11-19-20-13-7-3-1-4-8-13/h1-11,16-18,20-21,23-24H,12H2/b19-11?,22-15+. The van der Waals surface area contributed by atoms with Crippen LogP contribution in [0.5, 0.6) is 0 Å². The van der Waals surface area contributed by atoms with Crippen LogP contribution in [0.4, 0.5) is 11.4 Å². The van der Waals surface area contributed by atoms with Crippen LogP contribution in [0.1, 0.15) is 0 Å². The molecule has 0 aromatic heterocycles. The van der Waals surface area contributed by atoms with E-state index in [4.69, 9.17) is 4.74 Å². The molecule has 0 bridgehead atoms. The van der Waals surface area contributed by atoms with Gasteiger partial charge in [-0.15, -0.1) is 0 Å². The summed E-state index contributed by atoms with van der Waals surface area (Å²) in [5.41, 5.74) is 7.77. The summed E-state index contributed by atoms with van der Waals surface area (Å²) in [7, 11) is 0. The first kappa shape index (κ1) is 17.1. The summed E-state index contributed by atoms with van der Waals surface area (Å²) >= 11 is 0. The summed E-state index contributed by atoms with van der Waals surface area (Å²) < 4.78 is 5.44. The molecule has 130 valence electrons. The number of nitrogens with one attached hydrogen (secondary N) is 2. The third-order valence-electron chi connectivity index (χ3n) is 3.69. The first-order chi connectivity index (χ1) is 12.2. The molecule has 7 heteroatoms. The van der Waals surface area contributed by atoms with Crippen molar-refractivity contribution in [2.75, 3.05) is 17.5 Å². The predicted molar refractivity (Wildman–Crippen MR) is 97.8 cm³/mol. The molecule has 1 saturated heterocycles. The zero-order valence-corrected chi connectivity index (χ0v) is 13.5. The number of anilines is 2. The minimum absolute atomic E-state index is 0.0517. The van der Waals surface area contributed by atoms with Gasteiger partial charge in [-0.1, -0.05) is 36.4 Å². The summed E-state index contributed by atoms with van der Waals surface area (Å²) in [6.07, 6.45) is -1.29. The lowest BCUT2D eigenvalue weighted by atomic mass is 10.1. The zero-order chi connectivity index (χ0) is 17.5. The van der Waals surface area contributed by atoms with E-state index >= 15 is 0 Å². The second-order valence-electron chi connectivity index (χ2n) is 5.56. The van der Waals surface area contributed by atoms with Crippen molar-refractivity contribution in [1.29, 1.82) is 0 Å². The second-order valence-corrected chi connectivity index (χ2v) is 5.56. The smallest absolute Gasteiger partial charge is 0.131 e. The summed E-state index contributed by atoms with van der Waals surface area (Å²) in [6.45, 7) is 0.0517. The van der Waals surface area contributed by atoms with Gasteiger partial charge in [0.1, 0.15) is 24.0 Å².